The van der Waals surface area contributed by atoms with Gasteiger partial charge in [0, 0.05) is 16.8 Å². The lowest BCUT2D eigenvalue weighted by molar-refractivity contribution is 0.0977. The fourth-order valence-electron chi connectivity index (χ4n) is 3.49. The molecule has 0 aliphatic heterocycles. The molecule has 0 radical (unpaired) electrons. The molecule has 6 nitrogen and oxygen atoms in total. The van der Waals surface area contributed by atoms with Crippen LogP contribution in [-0.2, 0) is 0 Å². The molecule has 2 N–H and O–H groups in total. The third-order valence-corrected chi connectivity index (χ3v) is 6.43. The Morgan fingerprint density at radius 3 is 2.74 bits per heavy atom. The Labute approximate surface area is 211 Å². The first-order valence-electron chi connectivity index (χ1n) is 10.8. The number of hydrogen-bond donors (Lipinski definition) is 2. The van der Waals surface area contributed by atoms with Crippen LogP contribution >= 0.6 is 28.1 Å². The normalized spacial score (nSPS) is 11.8. The highest BCUT2D eigenvalue weighted by Gasteiger charge is 2.13. The molecular weight excluding hydrogens is 514 g/mol. The van der Waals surface area contributed by atoms with Crippen molar-refractivity contribution >= 4 is 56.0 Å². The minimum Gasteiger partial charge on any atom is -0.496 e. The summed E-state index contributed by atoms with van der Waals surface area (Å²) in [6.45, 7) is 4.37. The van der Waals surface area contributed by atoms with E-state index in [4.69, 9.17) is 21.4 Å². The van der Waals surface area contributed by atoms with E-state index in [2.05, 4.69) is 57.5 Å². The number of fused-ring (bicyclic) bond motifs is 1. The van der Waals surface area contributed by atoms with E-state index in [1.807, 2.05) is 30.3 Å². The number of ether oxygens (including phenoxy) is 1. The molecule has 0 bridgehead atoms. The van der Waals surface area contributed by atoms with Crippen LogP contribution in [0.3, 0.4) is 0 Å². The van der Waals surface area contributed by atoms with Crippen LogP contribution in [-0.4, -0.2) is 23.1 Å². The van der Waals surface area contributed by atoms with Crippen molar-refractivity contribution in [3.05, 3.63) is 76.3 Å². The SMILES string of the molecule is CC[C@H](C)c1ccc2oc(-c3cccc(NC(=S)NC(=O)c4ccc(OC)c(Br)c4)c3)nc2c1. The summed E-state index contributed by atoms with van der Waals surface area (Å²) >= 11 is 8.72. The van der Waals surface area contributed by atoms with Crippen LogP contribution in [0.2, 0.25) is 0 Å². The summed E-state index contributed by atoms with van der Waals surface area (Å²) in [5.74, 6) is 1.31. The van der Waals surface area contributed by atoms with Crippen LogP contribution in [0, 0.1) is 0 Å². The maximum atomic E-state index is 12.6. The minimum atomic E-state index is -0.326. The van der Waals surface area contributed by atoms with E-state index in [1.165, 1.54) is 5.56 Å². The van der Waals surface area contributed by atoms with Crippen LogP contribution in [0.5, 0.6) is 5.75 Å². The summed E-state index contributed by atoms with van der Waals surface area (Å²) < 4.78 is 11.9. The first kappa shape index (κ1) is 23.9. The summed E-state index contributed by atoms with van der Waals surface area (Å²) in [4.78, 5) is 17.2. The third kappa shape index (κ3) is 5.29. The van der Waals surface area contributed by atoms with Gasteiger partial charge < -0.3 is 14.5 Å². The number of carbonyl (C=O) groups is 1. The highest BCUT2D eigenvalue weighted by atomic mass is 79.9. The van der Waals surface area contributed by atoms with Crippen LogP contribution in [0.15, 0.2) is 69.6 Å². The predicted octanol–water partition coefficient (Wildman–Crippen LogP) is 6.91. The van der Waals surface area contributed by atoms with Crippen molar-refractivity contribution in [2.45, 2.75) is 26.2 Å². The molecule has 1 heterocycles. The molecule has 0 aliphatic carbocycles. The Balaban J connectivity index is 1.47. The molecule has 1 amide bonds. The van der Waals surface area contributed by atoms with E-state index >= 15 is 0 Å². The first-order valence-corrected chi connectivity index (χ1v) is 12.0. The van der Waals surface area contributed by atoms with Crippen molar-refractivity contribution in [3.8, 4) is 17.2 Å². The summed E-state index contributed by atoms with van der Waals surface area (Å²) in [7, 11) is 1.57. The zero-order chi connectivity index (χ0) is 24.2. The van der Waals surface area contributed by atoms with E-state index in [-0.39, 0.29) is 11.0 Å². The molecule has 4 rings (SSSR count). The lowest BCUT2D eigenvalue weighted by Crippen LogP contribution is -2.34. The molecule has 34 heavy (non-hydrogen) atoms. The number of benzene rings is 3. The number of halogens is 1. The van der Waals surface area contributed by atoms with Gasteiger partial charge in [-0.15, -0.1) is 0 Å². The number of nitrogens with zero attached hydrogens (tertiary/aromatic N) is 1. The molecule has 3 aromatic carbocycles. The molecule has 174 valence electrons. The summed E-state index contributed by atoms with van der Waals surface area (Å²) in [6.07, 6.45) is 1.07. The van der Waals surface area contributed by atoms with Crippen LogP contribution in [0.4, 0.5) is 5.69 Å². The lowest BCUT2D eigenvalue weighted by atomic mass is 9.98. The molecule has 8 heteroatoms. The molecule has 1 aromatic heterocycles. The Kier molecular flexibility index (Phi) is 7.29. The number of thiocarbonyl (C=S) groups is 1. The molecule has 4 aromatic rings. The topological polar surface area (TPSA) is 76.4 Å². The molecule has 0 spiro atoms. The monoisotopic (exact) mass is 537 g/mol. The van der Waals surface area contributed by atoms with E-state index in [0.717, 1.165) is 23.1 Å². The van der Waals surface area contributed by atoms with Gasteiger partial charge in [0.2, 0.25) is 5.89 Å². The fourth-order valence-corrected chi connectivity index (χ4v) is 4.24. The number of oxazole rings is 1. The lowest BCUT2D eigenvalue weighted by Gasteiger charge is -2.11. The Hall–Kier alpha value is -3.23. The van der Waals surface area contributed by atoms with E-state index in [9.17, 15) is 4.79 Å². The maximum Gasteiger partial charge on any atom is 0.257 e. The number of methoxy groups -OCH3 is 1. The second kappa shape index (κ2) is 10.4. The number of aromatic nitrogens is 1. The van der Waals surface area contributed by atoms with Crippen molar-refractivity contribution in [2.75, 3.05) is 12.4 Å². The highest BCUT2D eigenvalue weighted by Crippen LogP contribution is 2.29. The van der Waals surface area contributed by atoms with Crippen molar-refractivity contribution in [2.24, 2.45) is 0 Å². The molecule has 0 unspecified atom stereocenters. The van der Waals surface area contributed by atoms with Crippen molar-refractivity contribution in [1.82, 2.24) is 10.3 Å². The van der Waals surface area contributed by atoms with Gasteiger partial charge >= 0.3 is 0 Å². The van der Waals surface area contributed by atoms with Crippen molar-refractivity contribution in [1.29, 1.82) is 0 Å². The Morgan fingerprint density at radius 2 is 2.00 bits per heavy atom. The molecule has 0 aliphatic rings. The third-order valence-electron chi connectivity index (χ3n) is 5.60. The smallest absolute Gasteiger partial charge is 0.257 e. The zero-order valence-corrected chi connectivity index (χ0v) is 21.4. The zero-order valence-electron chi connectivity index (χ0n) is 19.0. The van der Waals surface area contributed by atoms with E-state index < -0.39 is 0 Å². The molecule has 1 atom stereocenters. The number of hydrogen-bond acceptors (Lipinski definition) is 5. The Bertz CT molecular complexity index is 1370. The first-order chi connectivity index (χ1) is 16.4. The van der Waals surface area contributed by atoms with Gasteiger partial charge in [-0.3, -0.25) is 10.1 Å². The minimum absolute atomic E-state index is 0.185. The largest absolute Gasteiger partial charge is 0.496 e. The number of nitrogens with one attached hydrogen (secondary N) is 2. The van der Waals surface area contributed by atoms with Gasteiger partial charge in [-0.05, 0) is 94.6 Å². The summed E-state index contributed by atoms with van der Waals surface area (Å²) in [5, 5.41) is 5.93. The van der Waals surface area contributed by atoms with E-state index in [1.54, 1.807) is 25.3 Å². The van der Waals surface area contributed by atoms with Gasteiger partial charge in [-0.2, -0.15) is 0 Å². The number of amides is 1. The number of anilines is 1. The number of rotatable bonds is 6. The van der Waals surface area contributed by atoms with Gasteiger partial charge in [-0.25, -0.2) is 4.98 Å². The predicted molar refractivity (Wildman–Crippen MR) is 143 cm³/mol. The van der Waals surface area contributed by atoms with Crippen LogP contribution in [0.1, 0.15) is 42.1 Å². The number of carbonyl (C=O) groups excluding carboxylic acids is 1. The average Bonchev–Trinajstić information content (AvgIpc) is 3.27. The van der Waals surface area contributed by atoms with Crippen LogP contribution < -0.4 is 15.4 Å². The van der Waals surface area contributed by atoms with Gasteiger partial charge in [0.25, 0.3) is 5.91 Å². The second-order valence-electron chi connectivity index (χ2n) is 7.89. The standard InChI is InChI=1S/C26H24BrN3O3S/c1-4-15(2)16-8-11-23-21(14-16)29-25(33-23)18-6-5-7-19(12-18)28-26(34)30-24(31)17-9-10-22(32-3)20(27)13-17/h5-15H,4H2,1-3H3,(H2,28,30,31,34)/t15-/m0/s1. The molecular formula is C26H24BrN3O3S. The quantitative estimate of drug-likeness (QED) is 0.260. The molecule has 0 saturated heterocycles. The Morgan fingerprint density at radius 1 is 1.18 bits per heavy atom. The van der Waals surface area contributed by atoms with E-state index in [0.29, 0.717) is 33.3 Å². The fraction of sp³-hybridized carbons (Fsp3) is 0.192. The second-order valence-corrected chi connectivity index (χ2v) is 9.16. The summed E-state index contributed by atoms with van der Waals surface area (Å²) in [5.41, 5.74) is 4.79. The summed E-state index contributed by atoms with van der Waals surface area (Å²) in [6, 6.07) is 18.7. The van der Waals surface area contributed by atoms with Crippen molar-refractivity contribution < 1.29 is 13.9 Å². The highest BCUT2D eigenvalue weighted by molar-refractivity contribution is 9.10. The van der Waals surface area contributed by atoms with Gasteiger partial charge in [0.15, 0.2) is 10.7 Å². The van der Waals surface area contributed by atoms with Gasteiger partial charge in [0.05, 0.1) is 11.6 Å². The van der Waals surface area contributed by atoms with Gasteiger partial charge in [0.1, 0.15) is 11.3 Å². The molecule has 0 fully saturated rings. The van der Waals surface area contributed by atoms with Crippen LogP contribution in [0.25, 0.3) is 22.6 Å². The average molecular weight is 538 g/mol. The maximum absolute atomic E-state index is 12.6. The van der Waals surface area contributed by atoms with Gasteiger partial charge in [-0.1, -0.05) is 26.0 Å². The van der Waals surface area contributed by atoms with Crippen molar-refractivity contribution in [3.63, 3.8) is 0 Å². The molecule has 0 saturated carbocycles.